The van der Waals surface area contributed by atoms with E-state index >= 15 is 0 Å². The number of hydrogen-bond donors (Lipinski definition) is 1. The molecule has 0 spiro atoms. The van der Waals surface area contributed by atoms with Crippen LogP contribution < -0.4 is 5.32 Å². The highest BCUT2D eigenvalue weighted by Crippen LogP contribution is 2.25. The normalized spacial score (nSPS) is 13.7. The second-order valence-corrected chi connectivity index (χ2v) is 3.66. The van der Waals surface area contributed by atoms with Crippen LogP contribution >= 0.6 is 0 Å². The van der Waals surface area contributed by atoms with E-state index in [1.165, 1.54) is 0 Å². The zero-order valence-electron chi connectivity index (χ0n) is 8.10. The number of nitrogens with one attached hydrogen (secondary N) is 1. The number of anilines is 1. The summed E-state index contributed by atoms with van der Waals surface area (Å²) in [5, 5.41) is 2.82. The minimum Gasteiger partial charge on any atom is -0.326 e. The summed E-state index contributed by atoms with van der Waals surface area (Å²) < 4.78 is 2.03. The van der Waals surface area contributed by atoms with Crippen LogP contribution in [-0.2, 0) is 11.2 Å². The van der Waals surface area contributed by atoms with E-state index in [1.807, 2.05) is 47.3 Å². The fourth-order valence-electron chi connectivity index (χ4n) is 1.88. The minimum atomic E-state index is 0.0784. The molecule has 3 rings (SSSR count). The molecule has 15 heavy (non-hydrogen) atoms. The fraction of sp³-hybridized carbons (Fsp3) is 0.0833. The van der Waals surface area contributed by atoms with Crippen molar-refractivity contribution < 1.29 is 4.79 Å². The molecule has 0 atom stereocenters. The van der Waals surface area contributed by atoms with Crippen molar-refractivity contribution in [2.45, 2.75) is 6.42 Å². The van der Waals surface area contributed by atoms with Gasteiger partial charge in [0.05, 0.1) is 6.42 Å². The molecule has 2 aromatic rings. The topological polar surface area (TPSA) is 34.0 Å². The molecule has 3 heteroatoms. The first-order chi connectivity index (χ1) is 7.33. The predicted octanol–water partition coefficient (Wildman–Crippen LogP) is 1.97. The molecule has 1 aliphatic heterocycles. The summed E-state index contributed by atoms with van der Waals surface area (Å²) in [7, 11) is 0. The second kappa shape index (κ2) is 2.98. The average molecular weight is 198 g/mol. The standard InChI is InChI=1S/C12H10N2O/c15-12-8-9-7-10(3-4-11(9)13-12)14-5-1-2-6-14/h1-7H,8H2,(H,13,15). The van der Waals surface area contributed by atoms with Gasteiger partial charge in [-0.1, -0.05) is 0 Å². The molecule has 0 saturated carbocycles. The molecular formula is C12H10N2O. The molecule has 1 amide bonds. The smallest absolute Gasteiger partial charge is 0.228 e. The first kappa shape index (κ1) is 8.29. The Morgan fingerprint density at radius 3 is 2.80 bits per heavy atom. The Morgan fingerprint density at radius 2 is 2.00 bits per heavy atom. The number of nitrogens with zero attached hydrogens (tertiary/aromatic N) is 1. The highest BCUT2D eigenvalue weighted by atomic mass is 16.1. The number of fused-ring (bicyclic) bond motifs is 1. The van der Waals surface area contributed by atoms with Crippen LogP contribution in [0.1, 0.15) is 5.56 Å². The van der Waals surface area contributed by atoms with Gasteiger partial charge in [0.15, 0.2) is 0 Å². The van der Waals surface area contributed by atoms with E-state index < -0.39 is 0 Å². The van der Waals surface area contributed by atoms with Crippen LogP contribution in [-0.4, -0.2) is 10.5 Å². The van der Waals surface area contributed by atoms with Gasteiger partial charge in [-0.3, -0.25) is 4.79 Å². The van der Waals surface area contributed by atoms with E-state index in [1.54, 1.807) is 0 Å². The Morgan fingerprint density at radius 1 is 1.20 bits per heavy atom. The third-order valence-electron chi connectivity index (χ3n) is 2.62. The molecular weight excluding hydrogens is 188 g/mol. The Balaban J connectivity index is 2.07. The SMILES string of the molecule is O=C1Cc2cc(-n3cccc3)ccc2N1. The minimum absolute atomic E-state index is 0.0784. The van der Waals surface area contributed by atoms with Crippen LogP contribution in [0.4, 0.5) is 5.69 Å². The summed E-state index contributed by atoms with van der Waals surface area (Å²) >= 11 is 0. The van der Waals surface area contributed by atoms with Gasteiger partial charge in [0.1, 0.15) is 0 Å². The lowest BCUT2D eigenvalue weighted by Gasteiger charge is -2.04. The van der Waals surface area contributed by atoms with E-state index in [0.717, 1.165) is 16.9 Å². The number of hydrogen-bond acceptors (Lipinski definition) is 1. The van der Waals surface area contributed by atoms with Crippen molar-refractivity contribution in [1.29, 1.82) is 0 Å². The van der Waals surface area contributed by atoms with Crippen molar-refractivity contribution in [2.75, 3.05) is 5.32 Å². The van der Waals surface area contributed by atoms with Gasteiger partial charge in [0.25, 0.3) is 0 Å². The van der Waals surface area contributed by atoms with Gasteiger partial charge in [-0.2, -0.15) is 0 Å². The van der Waals surface area contributed by atoms with Crippen molar-refractivity contribution in [1.82, 2.24) is 4.57 Å². The summed E-state index contributed by atoms with van der Waals surface area (Å²) in [5.41, 5.74) is 3.11. The van der Waals surface area contributed by atoms with Crippen molar-refractivity contribution in [3.8, 4) is 5.69 Å². The number of carbonyl (C=O) groups excluding carboxylic acids is 1. The molecule has 0 fully saturated rings. The third-order valence-corrected chi connectivity index (χ3v) is 2.62. The van der Waals surface area contributed by atoms with Crippen LogP contribution in [0, 0.1) is 0 Å². The van der Waals surface area contributed by atoms with Gasteiger partial charge in [0, 0.05) is 23.8 Å². The number of benzene rings is 1. The molecule has 1 aromatic heterocycles. The molecule has 74 valence electrons. The van der Waals surface area contributed by atoms with Gasteiger partial charge in [-0.15, -0.1) is 0 Å². The predicted molar refractivity (Wildman–Crippen MR) is 58.1 cm³/mol. The molecule has 3 nitrogen and oxygen atoms in total. The van der Waals surface area contributed by atoms with E-state index in [0.29, 0.717) is 6.42 Å². The lowest BCUT2D eigenvalue weighted by atomic mass is 10.1. The molecule has 0 unspecified atom stereocenters. The number of rotatable bonds is 1. The van der Waals surface area contributed by atoms with Gasteiger partial charge < -0.3 is 9.88 Å². The highest BCUT2D eigenvalue weighted by Gasteiger charge is 2.17. The summed E-state index contributed by atoms with van der Waals surface area (Å²) in [6.07, 6.45) is 4.47. The van der Waals surface area contributed by atoms with Gasteiger partial charge in [-0.25, -0.2) is 0 Å². The largest absolute Gasteiger partial charge is 0.326 e. The number of carbonyl (C=O) groups is 1. The lowest BCUT2D eigenvalue weighted by molar-refractivity contribution is -0.115. The Labute approximate surface area is 87.3 Å². The quantitative estimate of drug-likeness (QED) is 0.746. The van der Waals surface area contributed by atoms with Crippen molar-refractivity contribution in [3.63, 3.8) is 0 Å². The molecule has 0 aliphatic carbocycles. The van der Waals surface area contributed by atoms with Gasteiger partial charge in [-0.05, 0) is 35.9 Å². The van der Waals surface area contributed by atoms with Crippen molar-refractivity contribution in [3.05, 3.63) is 48.3 Å². The monoisotopic (exact) mass is 198 g/mol. The van der Waals surface area contributed by atoms with E-state index in [9.17, 15) is 4.79 Å². The second-order valence-electron chi connectivity index (χ2n) is 3.66. The van der Waals surface area contributed by atoms with Crippen LogP contribution in [0.2, 0.25) is 0 Å². The molecule has 1 N–H and O–H groups in total. The van der Waals surface area contributed by atoms with E-state index in [4.69, 9.17) is 0 Å². The molecule has 1 aromatic carbocycles. The molecule has 0 radical (unpaired) electrons. The summed E-state index contributed by atoms with van der Waals surface area (Å²) in [5.74, 6) is 0.0784. The number of aromatic nitrogens is 1. The maximum Gasteiger partial charge on any atom is 0.228 e. The molecule has 1 aliphatic rings. The third kappa shape index (κ3) is 1.32. The average Bonchev–Trinajstić information content (AvgIpc) is 2.82. The lowest BCUT2D eigenvalue weighted by Crippen LogP contribution is -2.03. The first-order valence-corrected chi connectivity index (χ1v) is 4.89. The Kier molecular flexibility index (Phi) is 1.65. The fourth-order valence-corrected chi connectivity index (χ4v) is 1.88. The molecule has 0 saturated heterocycles. The van der Waals surface area contributed by atoms with Crippen molar-refractivity contribution >= 4 is 11.6 Å². The van der Waals surface area contributed by atoms with E-state index in [-0.39, 0.29) is 5.91 Å². The van der Waals surface area contributed by atoms with Crippen molar-refractivity contribution in [2.24, 2.45) is 0 Å². The van der Waals surface area contributed by atoms with Crippen LogP contribution in [0.3, 0.4) is 0 Å². The zero-order chi connectivity index (χ0) is 10.3. The molecule has 0 bridgehead atoms. The van der Waals surface area contributed by atoms with Crippen LogP contribution in [0.25, 0.3) is 5.69 Å². The number of amides is 1. The van der Waals surface area contributed by atoms with Gasteiger partial charge in [0.2, 0.25) is 5.91 Å². The first-order valence-electron chi connectivity index (χ1n) is 4.89. The van der Waals surface area contributed by atoms with E-state index in [2.05, 4.69) is 5.32 Å². The zero-order valence-corrected chi connectivity index (χ0v) is 8.10. The summed E-state index contributed by atoms with van der Waals surface area (Å²) in [6, 6.07) is 9.97. The molecule has 2 heterocycles. The Hall–Kier alpha value is -2.03. The van der Waals surface area contributed by atoms with Crippen LogP contribution in [0.15, 0.2) is 42.7 Å². The van der Waals surface area contributed by atoms with Crippen LogP contribution in [0.5, 0.6) is 0 Å². The Bertz CT molecular complexity index is 514. The van der Waals surface area contributed by atoms with Gasteiger partial charge >= 0.3 is 0 Å². The highest BCUT2D eigenvalue weighted by molar-refractivity contribution is 5.99. The summed E-state index contributed by atoms with van der Waals surface area (Å²) in [6.45, 7) is 0. The maximum absolute atomic E-state index is 11.2. The summed E-state index contributed by atoms with van der Waals surface area (Å²) in [4.78, 5) is 11.2. The maximum atomic E-state index is 11.2.